The zero-order valence-electron chi connectivity index (χ0n) is 14.4. The molecule has 0 aliphatic heterocycles. The zero-order chi connectivity index (χ0) is 18.4. The second-order valence-electron chi connectivity index (χ2n) is 5.56. The van der Waals surface area contributed by atoms with Crippen molar-refractivity contribution in [1.29, 1.82) is 0 Å². The second kappa shape index (κ2) is 8.24. The minimum absolute atomic E-state index is 0.0701. The monoisotopic (exact) mass is 357 g/mol. The van der Waals surface area contributed by atoms with Gasteiger partial charge in [0.25, 0.3) is 0 Å². The standard InChI is InChI=1S/C17H22F3N3O2/c1-4-23-14(7-8-22-23)12(2)21-10-13-5-6-15(16(9-13)24-3)25-11-17(18,19)20/h5-9,12,21H,4,10-11H2,1-3H3. The average Bonchev–Trinajstić information content (AvgIpc) is 3.06. The van der Waals surface area contributed by atoms with Gasteiger partial charge >= 0.3 is 6.18 Å². The lowest BCUT2D eigenvalue weighted by atomic mass is 10.1. The number of methoxy groups -OCH3 is 1. The summed E-state index contributed by atoms with van der Waals surface area (Å²) in [7, 11) is 1.40. The van der Waals surface area contributed by atoms with Crippen molar-refractivity contribution in [2.75, 3.05) is 13.7 Å². The quantitative estimate of drug-likeness (QED) is 0.783. The maximum atomic E-state index is 12.3. The first-order chi connectivity index (χ1) is 11.8. The topological polar surface area (TPSA) is 48.3 Å². The molecular formula is C17H22F3N3O2. The largest absolute Gasteiger partial charge is 0.493 e. The predicted octanol–water partition coefficient (Wildman–Crippen LogP) is 3.70. The third-order valence-electron chi connectivity index (χ3n) is 3.72. The molecule has 0 aliphatic rings. The van der Waals surface area contributed by atoms with E-state index < -0.39 is 12.8 Å². The van der Waals surface area contributed by atoms with E-state index >= 15 is 0 Å². The molecule has 8 heteroatoms. The van der Waals surface area contributed by atoms with E-state index in [0.717, 1.165) is 17.8 Å². The van der Waals surface area contributed by atoms with E-state index in [-0.39, 0.29) is 17.5 Å². The Hall–Kier alpha value is -2.22. The van der Waals surface area contributed by atoms with Crippen molar-refractivity contribution in [3.63, 3.8) is 0 Å². The molecule has 1 heterocycles. The van der Waals surface area contributed by atoms with Crippen LogP contribution in [0.5, 0.6) is 11.5 Å². The first-order valence-electron chi connectivity index (χ1n) is 7.95. The highest BCUT2D eigenvalue weighted by Gasteiger charge is 2.29. The third kappa shape index (κ3) is 5.38. The molecule has 0 saturated heterocycles. The number of nitrogens with zero attached hydrogens (tertiary/aromatic N) is 2. The minimum atomic E-state index is -4.39. The summed E-state index contributed by atoms with van der Waals surface area (Å²) in [5.41, 5.74) is 1.95. The SMILES string of the molecule is CCn1nccc1C(C)NCc1ccc(OCC(F)(F)F)c(OC)c1. The third-order valence-corrected chi connectivity index (χ3v) is 3.72. The Labute approximate surface area is 144 Å². The highest BCUT2D eigenvalue weighted by molar-refractivity contribution is 5.43. The van der Waals surface area contributed by atoms with Crippen LogP contribution in [-0.2, 0) is 13.1 Å². The number of aryl methyl sites for hydroxylation is 1. The lowest BCUT2D eigenvalue weighted by molar-refractivity contribution is -0.153. The van der Waals surface area contributed by atoms with Crippen LogP contribution in [0.2, 0.25) is 0 Å². The molecule has 0 spiro atoms. The van der Waals surface area contributed by atoms with E-state index in [0.29, 0.717) is 6.54 Å². The molecule has 0 amide bonds. The molecule has 0 saturated carbocycles. The molecule has 25 heavy (non-hydrogen) atoms. The van der Waals surface area contributed by atoms with Gasteiger partial charge in [-0.15, -0.1) is 0 Å². The fraction of sp³-hybridized carbons (Fsp3) is 0.471. The van der Waals surface area contributed by atoms with E-state index in [4.69, 9.17) is 9.47 Å². The molecule has 0 fully saturated rings. The number of hydrogen-bond donors (Lipinski definition) is 1. The number of benzene rings is 1. The average molecular weight is 357 g/mol. The molecule has 2 aromatic rings. The molecule has 0 aliphatic carbocycles. The van der Waals surface area contributed by atoms with E-state index in [1.165, 1.54) is 13.2 Å². The molecule has 2 rings (SSSR count). The van der Waals surface area contributed by atoms with E-state index in [9.17, 15) is 13.2 Å². The van der Waals surface area contributed by atoms with Gasteiger partial charge in [-0.25, -0.2) is 0 Å². The van der Waals surface area contributed by atoms with Gasteiger partial charge in [0.1, 0.15) is 0 Å². The number of alkyl halides is 3. The van der Waals surface area contributed by atoms with Crippen LogP contribution in [-0.4, -0.2) is 29.7 Å². The van der Waals surface area contributed by atoms with Gasteiger partial charge in [-0.2, -0.15) is 18.3 Å². The van der Waals surface area contributed by atoms with Crippen LogP contribution in [0.3, 0.4) is 0 Å². The summed E-state index contributed by atoms with van der Waals surface area (Å²) < 4.78 is 48.7. The summed E-state index contributed by atoms with van der Waals surface area (Å²) in [5.74, 6) is 0.343. The van der Waals surface area contributed by atoms with Crippen LogP contribution in [0.15, 0.2) is 30.5 Å². The summed E-state index contributed by atoms with van der Waals surface area (Å²) in [6.45, 7) is 4.02. The molecular weight excluding hydrogens is 335 g/mol. The second-order valence-corrected chi connectivity index (χ2v) is 5.56. The van der Waals surface area contributed by atoms with Crippen molar-refractivity contribution in [3.8, 4) is 11.5 Å². The fourth-order valence-electron chi connectivity index (χ4n) is 2.45. The van der Waals surface area contributed by atoms with Gasteiger partial charge < -0.3 is 14.8 Å². The van der Waals surface area contributed by atoms with Crippen LogP contribution in [0.25, 0.3) is 0 Å². The van der Waals surface area contributed by atoms with Crippen molar-refractivity contribution >= 4 is 0 Å². The Morgan fingerprint density at radius 1 is 1.24 bits per heavy atom. The van der Waals surface area contributed by atoms with Gasteiger partial charge in [-0.1, -0.05) is 6.07 Å². The van der Waals surface area contributed by atoms with Crippen molar-refractivity contribution in [2.45, 2.75) is 39.2 Å². The zero-order valence-corrected chi connectivity index (χ0v) is 14.4. The first kappa shape index (κ1) is 19.1. The van der Waals surface area contributed by atoms with Gasteiger partial charge in [0.15, 0.2) is 18.1 Å². The summed E-state index contributed by atoms with van der Waals surface area (Å²) in [6, 6.07) is 6.90. The van der Waals surface area contributed by atoms with Gasteiger partial charge in [0, 0.05) is 25.3 Å². The lowest BCUT2D eigenvalue weighted by Gasteiger charge is -2.17. The predicted molar refractivity (Wildman–Crippen MR) is 87.7 cm³/mol. The first-order valence-corrected chi connectivity index (χ1v) is 7.95. The number of aromatic nitrogens is 2. The smallest absolute Gasteiger partial charge is 0.422 e. The summed E-state index contributed by atoms with van der Waals surface area (Å²) in [6.07, 6.45) is -2.63. The van der Waals surface area contributed by atoms with Crippen molar-refractivity contribution < 1.29 is 22.6 Å². The molecule has 5 nitrogen and oxygen atoms in total. The van der Waals surface area contributed by atoms with Crippen LogP contribution in [0.4, 0.5) is 13.2 Å². The molecule has 0 radical (unpaired) electrons. The number of nitrogens with one attached hydrogen (secondary N) is 1. The fourth-order valence-corrected chi connectivity index (χ4v) is 2.45. The highest BCUT2D eigenvalue weighted by Crippen LogP contribution is 2.30. The van der Waals surface area contributed by atoms with Crippen LogP contribution >= 0.6 is 0 Å². The molecule has 0 bridgehead atoms. The highest BCUT2D eigenvalue weighted by atomic mass is 19.4. The van der Waals surface area contributed by atoms with E-state index in [2.05, 4.69) is 10.4 Å². The minimum Gasteiger partial charge on any atom is -0.493 e. The van der Waals surface area contributed by atoms with Crippen LogP contribution < -0.4 is 14.8 Å². The van der Waals surface area contributed by atoms with Crippen LogP contribution in [0, 0.1) is 0 Å². The van der Waals surface area contributed by atoms with Gasteiger partial charge in [0.2, 0.25) is 0 Å². The van der Waals surface area contributed by atoms with Gasteiger partial charge in [0.05, 0.1) is 12.8 Å². The summed E-state index contributed by atoms with van der Waals surface area (Å²) in [5, 5.41) is 7.60. The molecule has 138 valence electrons. The maximum absolute atomic E-state index is 12.3. The van der Waals surface area contributed by atoms with Crippen LogP contribution in [0.1, 0.15) is 31.1 Å². The van der Waals surface area contributed by atoms with Crippen molar-refractivity contribution in [3.05, 3.63) is 41.7 Å². The molecule has 1 unspecified atom stereocenters. The summed E-state index contributed by atoms with van der Waals surface area (Å²) in [4.78, 5) is 0. The summed E-state index contributed by atoms with van der Waals surface area (Å²) >= 11 is 0. The van der Waals surface area contributed by atoms with E-state index in [1.54, 1.807) is 18.3 Å². The Balaban J connectivity index is 2.00. The Morgan fingerprint density at radius 2 is 2.00 bits per heavy atom. The Bertz CT molecular complexity index is 686. The molecule has 1 aromatic carbocycles. The lowest BCUT2D eigenvalue weighted by Crippen LogP contribution is -2.21. The normalized spacial score (nSPS) is 12.9. The van der Waals surface area contributed by atoms with Gasteiger partial charge in [-0.05, 0) is 37.6 Å². The number of rotatable bonds is 8. The van der Waals surface area contributed by atoms with E-state index in [1.807, 2.05) is 24.6 Å². The Morgan fingerprint density at radius 3 is 2.64 bits per heavy atom. The molecule has 1 N–H and O–H groups in total. The number of ether oxygens (including phenoxy) is 2. The number of hydrogen-bond acceptors (Lipinski definition) is 4. The maximum Gasteiger partial charge on any atom is 0.422 e. The molecule has 1 atom stereocenters. The van der Waals surface area contributed by atoms with Crippen molar-refractivity contribution in [1.82, 2.24) is 15.1 Å². The Kier molecular flexibility index (Phi) is 6.30. The van der Waals surface area contributed by atoms with Gasteiger partial charge in [-0.3, -0.25) is 4.68 Å². The molecule has 1 aromatic heterocycles. The number of halogens is 3. The van der Waals surface area contributed by atoms with Crippen molar-refractivity contribution in [2.24, 2.45) is 0 Å².